The van der Waals surface area contributed by atoms with Crippen molar-refractivity contribution in [2.45, 2.75) is 6.92 Å². The summed E-state index contributed by atoms with van der Waals surface area (Å²) in [5.41, 5.74) is 1.41. The smallest absolute Gasteiger partial charge is 0.277 e. The first-order chi connectivity index (χ1) is 10.3. The molecule has 0 fully saturated rings. The zero-order valence-corrected chi connectivity index (χ0v) is 13.2. The molecule has 106 valence electrons. The number of benzene rings is 1. The molecular weight excluding hydrogens is 300 g/mol. The van der Waals surface area contributed by atoms with Gasteiger partial charge in [0.25, 0.3) is 5.91 Å². The van der Waals surface area contributed by atoms with Crippen LogP contribution in [-0.4, -0.2) is 17.4 Å². The molecule has 5 heteroatoms. The number of carbonyl (C=O) groups is 1. The third kappa shape index (κ3) is 2.89. The topological polar surface area (TPSA) is 33.2 Å². The molecule has 1 aromatic carbocycles. The lowest BCUT2D eigenvalue weighted by Crippen LogP contribution is -2.30. The lowest BCUT2D eigenvalue weighted by Gasteiger charge is -2.19. The van der Waals surface area contributed by atoms with E-state index in [1.165, 1.54) is 11.3 Å². The van der Waals surface area contributed by atoms with E-state index in [1.54, 1.807) is 16.2 Å². The molecule has 3 aromatic rings. The summed E-state index contributed by atoms with van der Waals surface area (Å²) in [6.45, 7) is 2.59. The van der Waals surface area contributed by atoms with Gasteiger partial charge in [0.2, 0.25) is 0 Å². The van der Waals surface area contributed by atoms with E-state index in [2.05, 4.69) is 4.98 Å². The third-order valence-electron chi connectivity index (χ3n) is 3.08. The summed E-state index contributed by atoms with van der Waals surface area (Å²) in [6, 6.07) is 13.7. The largest absolute Gasteiger partial charge is 0.307 e. The number of carbonyl (C=O) groups excluding carboxylic acids is 1. The monoisotopic (exact) mass is 314 g/mol. The number of thiophene rings is 1. The SMILES string of the molecule is CCN(C(=O)c1csc(-c2cccs2)n1)c1ccccc1. The second-order valence-electron chi connectivity index (χ2n) is 4.40. The number of hydrogen-bond acceptors (Lipinski definition) is 4. The van der Waals surface area contributed by atoms with Crippen molar-refractivity contribution < 1.29 is 4.79 Å². The Kier molecular flexibility index (Phi) is 4.13. The van der Waals surface area contributed by atoms with Crippen LogP contribution in [0.4, 0.5) is 5.69 Å². The zero-order chi connectivity index (χ0) is 14.7. The van der Waals surface area contributed by atoms with Gasteiger partial charge in [-0.2, -0.15) is 0 Å². The molecule has 0 aliphatic carbocycles. The maximum atomic E-state index is 12.6. The normalized spacial score (nSPS) is 10.5. The van der Waals surface area contributed by atoms with Gasteiger partial charge < -0.3 is 4.90 Å². The number of para-hydroxylation sites is 1. The first kappa shape index (κ1) is 14.0. The van der Waals surface area contributed by atoms with Crippen molar-refractivity contribution in [2.75, 3.05) is 11.4 Å². The lowest BCUT2D eigenvalue weighted by atomic mass is 10.2. The molecular formula is C16H14N2OS2. The van der Waals surface area contributed by atoms with Crippen LogP contribution in [0.5, 0.6) is 0 Å². The molecule has 3 rings (SSSR count). The maximum absolute atomic E-state index is 12.6. The molecule has 0 aliphatic rings. The molecule has 2 heterocycles. The fourth-order valence-corrected chi connectivity index (χ4v) is 3.68. The van der Waals surface area contributed by atoms with E-state index < -0.39 is 0 Å². The average molecular weight is 314 g/mol. The Morgan fingerprint density at radius 2 is 1.95 bits per heavy atom. The number of rotatable bonds is 4. The van der Waals surface area contributed by atoms with Gasteiger partial charge in [0.15, 0.2) is 0 Å². The molecule has 2 aromatic heterocycles. The van der Waals surface area contributed by atoms with E-state index >= 15 is 0 Å². The molecule has 0 radical (unpaired) electrons. The van der Waals surface area contributed by atoms with E-state index in [1.807, 2.05) is 60.1 Å². The lowest BCUT2D eigenvalue weighted by molar-refractivity contribution is 0.0984. The molecule has 0 bridgehead atoms. The highest BCUT2D eigenvalue weighted by molar-refractivity contribution is 7.20. The number of hydrogen-bond donors (Lipinski definition) is 0. The van der Waals surface area contributed by atoms with Crippen LogP contribution in [0.3, 0.4) is 0 Å². The van der Waals surface area contributed by atoms with Crippen LogP contribution in [0.2, 0.25) is 0 Å². The summed E-state index contributed by atoms with van der Waals surface area (Å²) in [6.07, 6.45) is 0. The van der Waals surface area contributed by atoms with Gasteiger partial charge in [-0.15, -0.1) is 22.7 Å². The highest BCUT2D eigenvalue weighted by Crippen LogP contribution is 2.28. The van der Waals surface area contributed by atoms with Crippen molar-refractivity contribution in [3.8, 4) is 9.88 Å². The Bertz CT molecular complexity index is 720. The number of anilines is 1. The maximum Gasteiger partial charge on any atom is 0.277 e. The van der Waals surface area contributed by atoms with Crippen molar-refractivity contribution in [1.82, 2.24) is 4.98 Å². The molecule has 0 aliphatic heterocycles. The fourth-order valence-electron chi connectivity index (χ4n) is 2.08. The molecule has 0 saturated carbocycles. The predicted octanol–water partition coefficient (Wildman–Crippen LogP) is 4.54. The van der Waals surface area contributed by atoms with Gasteiger partial charge in [-0.3, -0.25) is 4.79 Å². The van der Waals surface area contributed by atoms with Crippen LogP contribution >= 0.6 is 22.7 Å². The minimum absolute atomic E-state index is 0.0530. The summed E-state index contributed by atoms with van der Waals surface area (Å²) in [5.74, 6) is -0.0530. The van der Waals surface area contributed by atoms with Crippen molar-refractivity contribution in [3.63, 3.8) is 0 Å². The summed E-state index contributed by atoms with van der Waals surface area (Å²) in [4.78, 5) is 20.0. The first-order valence-electron chi connectivity index (χ1n) is 6.66. The van der Waals surface area contributed by atoms with Gasteiger partial charge >= 0.3 is 0 Å². The second kappa shape index (κ2) is 6.20. The number of aromatic nitrogens is 1. The Morgan fingerprint density at radius 3 is 2.62 bits per heavy atom. The third-order valence-corrected chi connectivity index (χ3v) is 4.97. The molecule has 0 spiro atoms. The van der Waals surface area contributed by atoms with Crippen molar-refractivity contribution in [2.24, 2.45) is 0 Å². The van der Waals surface area contributed by atoms with Crippen LogP contribution in [0.15, 0.2) is 53.2 Å². The Hall–Kier alpha value is -1.98. The summed E-state index contributed by atoms with van der Waals surface area (Å²) in [7, 11) is 0. The van der Waals surface area contributed by atoms with Crippen LogP contribution in [0.25, 0.3) is 9.88 Å². The minimum Gasteiger partial charge on any atom is -0.307 e. The van der Waals surface area contributed by atoms with E-state index in [4.69, 9.17) is 0 Å². The number of nitrogens with zero attached hydrogens (tertiary/aromatic N) is 2. The molecule has 0 atom stereocenters. The Balaban J connectivity index is 1.88. The first-order valence-corrected chi connectivity index (χ1v) is 8.42. The van der Waals surface area contributed by atoms with Crippen molar-refractivity contribution >= 4 is 34.3 Å². The average Bonchev–Trinajstić information content (AvgIpc) is 3.20. The molecule has 0 unspecified atom stereocenters. The van der Waals surface area contributed by atoms with Crippen LogP contribution < -0.4 is 4.90 Å². The zero-order valence-electron chi connectivity index (χ0n) is 11.5. The summed E-state index contributed by atoms with van der Waals surface area (Å²) < 4.78 is 0. The molecule has 0 saturated heterocycles. The van der Waals surface area contributed by atoms with E-state index in [-0.39, 0.29) is 5.91 Å². The second-order valence-corrected chi connectivity index (χ2v) is 6.21. The molecule has 1 amide bonds. The molecule has 21 heavy (non-hydrogen) atoms. The van der Waals surface area contributed by atoms with Crippen LogP contribution in [0.1, 0.15) is 17.4 Å². The van der Waals surface area contributed by atoms with E-state index in [0.29, 0.717) is 12.2 Å². The Morgan fingerprint density at radius 1 is 1.14 bits per heavy atom. The van der Waals surface area contributed by atoms with Gasteiger partial charge in [-0.05, 0) is 30.5 Å². The van der Waals surface area contributed by atoms with Crippen molar-refractivity contribution in [3.05, 3.63) is 58.9 Å². The van der Waals surface area contributed by atoms with Gasteiger partial charge in [0, 0.05) is 17.6 Å². The quantitative estimate of drug-likeness (QED) is 0.708. The van der Waals surface area contributed by atoms with Crippen LogP contribution in [-0.2, 0) is 0 Å². The number of amides is 1. The van der Waals surface area contributed by atoms with Gasteiger partial charge in [0.05, 0.1) is 4.88 Å². The van der Waals surface area contributed by atoms with E-state index in [9.17, 15) is 4.79 Å². The predicted molar refractivity (Wildman–Crippen MR) is 89.2 cm³/mol. The summed E-state index contributed by atoms with van der Waals surface area (Å²) >= 11 is 3.15. The van der Waals surface area contributed by atoms with Gasteiger partial charge in [-0.25, -0.2) is 4.98 Å². The molecule has 0 N–H and O–H groups in total. The summed E-state index contributed by atoms with van der Waals surface area (Å²) in [5, 5.41) is 4.75. The minimum atomic E-state index is -0.0530. The van der Waals surface area contributed by atoms with Gasteiger partial charge in [-0.1, -0.05) is 24.3 Å². The van der Waals surface area contributed by atoms with Crippen LogP contribution in [0, 0.1) is 0 Å². The molecule has 3 nitrogen and oxygen atoms in total. The fraction of sp³-hybridized carbons (Fsp3) is 0.125. The Labute approximate surface area is 131 Å². The number of thiazole rings is 1. The van der Waals surface area contributed by atoms with Gasteiger partial charge in [0.1, 0.15) is 10.7 Å². The van der Waals surface area contributed by atoms with E-state index in [0.717, 1.165) is 15.6 Å². The highest BCUT2D eigenvalue weighted by Gasteiger charge is 2.19. The highest BCUT2D eigenvalue weighted by atomic mass is 32.1. The standard InChI is InChI=1S/C16H14N2OS2/c1-2-18(12-7-4-3-5-8-12)16(19)13-11-21-15(17-13)14-9-6-10-20-14/h3-11H,2H2,1H3. The van der Waals surface area contributed by atoms with Crippen molar-refractivity contribution in [1.29, 1.82) is 0 Å².